The lowest BCUT2D eigenvalue weighted by Gasteiger charge is -2.22. The van der Waals surface area contributed by atoms with Crippen LogP contribution >= 0.6 is 0 Å². The highest BCUT2D eigenvalue weighted by Gasteiger charge is 2.22. The Morgan fingerprint density at radius 3 is 2.62 bits per heavy atom. The minimum Gasteiger partial charge on any atom is -0.409 e. The standard InChI is InChI=1S/C15H29N5O/c1-12-11-13(2)20(18-12)10-6-9-17-8-5-7-15(3,4)14(16)19-21/h11,17,21H,5-10H2,1-4H3,(H2,16,19). The lowest BCUT2D eigenvalue weighted by Crippen LogP contribution is -2.32. The van der Waals surface area contributed by atoms with Crippen molar-refractivity contribution < 1.29 is 5.21 Å². The zero-order chi connectivity index (χ0) is 15.9. The summed E-state index contributed by atoms with van der Waals surface area (Å²) in [7, 11) is 0. The Morgan fingerprint density at radius 2 is 2.05 bits per heavy atom. The molecule has 0 radical (unpaired) electrons. The van der Waals surface area contributed by atoms with E-state index in [1.54, 1.807) is 0 Å². The molecule has 6 nitrogen and oxygen atoms in total. The number of nitrogens with one attached hydrogen (secondary N) is 1. The van der Waals surface area contributed by atoms with Crippen molar-refractivity contribution in [2.24, 2.45) is 16.3 Å². The first-order chi connectivity index (χ1) is 9.86. The van der Waals surface area contributed by atoms with Gasteiger partial charge in [0.1, 0.15) is 5.84 Å². The van der Waals surface area contributed by atoms with Crippen LogP contribution in [0, 0.1) is 19.3 Å². The molecule has 21 heavy (non-hydrogen) atoms. The maximum Gasteiger partial charge on any atom is 0.144 e. The summed E-state index contributed by atoms with van der Waals surface area (Å²) >= 11 is 0. The first-order valence-electron chi connectivity index (χ1n) is 7.56. The monoisotopic (exact) mass is 295 g/mol. The maximum atomic E-state index is 8.71. The van der Waals surface area contributed by atoms with Crippen molar-refractivity contribution in [3.63, 3.8) is 0 Å². The molecule has 0 amide bonds. The van der Waals surface area contributed by atoms with Crippen molar-refractivity contribution >= 4 is 5.84 Å². The molecule has 0 aliphatic carbocycles. The first kappa shape index (κ1) is 17.5. The molecule has 0 saturated carbocycles. The van der Waals surface area contributed by atoms with Gasteiger partial charge in [0.25, 0.3) is 0 Å². The smallest absolute Gasteiger partial charge is 0.144 e. The molecule has 0 aliphatic heterocycles. The third-order valence-electron chi connectivity index (χ3n) is 3.78. The van der Waals surface area contributed by atoms with E-state index >= 15 is 0 Å². The Labute approximate surface area is 127 Å². The van der Waals surface area contributed by atoms with Gasteiger partial charge in [-0.1, -0.05) is 19.0 Å². The van der Waals surface area contributed by atoms with E-state index in [0.717, 1.165) is 44.6 Å². The highest BCUT2D eigenvalue weighted by atomic mass is 16.4. The predicted octanol–water partition coefficient (Wildman–Crippen LogP) is 2.03. The number of hydrogen-bond acceptors (Lipinski definition) is 4. The number of aryl methyl sites for hydroxylation is 3. The summed E-state index contributed by atoms with van der Waals surface area (Å²) in [6, 6.07) is 2.10. The lowest BCUT2D eigenvalue weighted by atomic mass is 9.86. The van der Waals surface area contributed by atoms with E-state index in [1.165, 1.54) is 5.69 Å². The molecular weight excluding hydrogens is 266 g/mol. The Morgan fingerprint density at radius 1 is 1.38 bits per heavy atom. The summed E-state index contributed by atoms with van der Waals surface area (Å²) in [6.07, 6.45) is 2.96. The zero-order valence-electron chi connectivity index (χ0n) is 13.7. The number of aromatic nitrogens is 2. The number of oxime groups is 1. The topological polar surface area (TPSA) is 88.5 Å². The van der Waals surface area contributed by atoms with Crippen LogP contribution in [0.25, 0.3) is 0 Å². The quantitative estimate of drug-likeness (QED) is 0.214. The van der Waals surface area contributed by atoms with Crippen LogP contribution in [0.5, 0.6) is 0 Å². The third-order valence-corrected chi connectivity index (χ3v) is 3.78. The Hall–Kier alpha value is -1.56. The largest absolute Gasteiger partial charge is 0.409 e. The summed E-state index contributed by atoms with van der Waals surface area (Å²) in [5.41, 5.74) is 7.70. The van der Waals surface area contributed by atoms with Crippen LogP contribution < -0.4 is 11.1 Å². The van der Waals surface area contributed by atoms with Gasteiger partial charge < -0.3 is 16.3 Å². The van der Waals surface area contributed by atoms with E-state index in [9.17, 15) is 0 Å². The molecule has 6 heteroatoms. The van der Waals surface area contributed by atoms with E-state index < -0.39 is 0 Å². The van der Waals surface area contributed by atoms with Gasteiger partial charge in [0.15, 0.2) is 0 Å². The van der Waals surface area contributed by atoms with Crippen molar-refractivity contribution in [1.82, 2.24) is 15.1 Å². The summed E-state index contributed by atoms with van der Waals surface area (Å²) in [4.78, 5) is 0. The average Bonchev–Trinajstić information content (AvgIpc) is 2.74. The molecule has 0 spiro atoms. The van der Waals surface area contributed by atoms with E-state index in [4.69, 9.17) is 10.9 Å². The fourth-order valence-electron chi connectivity index (χ4n) is 2.30. The van der Waals surface area contributed by atoms with Crippen LogP contribution in [0.2, 0.25) is 0 Å². The molecule has 0 atom stereocenters. The molecule has 4 N–H and O–H groups in total. The van der Waals surface area contributed by atoms with Crippen molar-refractivity contribution in [3.05, 3.63) is 17.5 Å². The van der Waals surface area contributed by atoms with Gasteiger partial charge >= 0.3 is 0 Å². The van der Waals surface area contributed by atoms with E-state index in [1.807, 2.05) is 20.8 Å². The van der Waals surface area contributed by atoms with Crippen molar-refractivity contribution in [1.29, 1.82) is 0 Å². The minimum absolute atomic E-state index is 0.250. The van der Waals surface area contributed by atoms with Crippen LogP contribution in [0.3, 0.4) is 0 Å². The normalized spacial score (nSPS) is 12.9. The summed E-state index contributed by atoms with van der Waals surface area (Å²) in [5, 5.41) is 19.7. The maximum absolute atomic E-state index is 8.71. The molecule has 1 aromatic heterocycles. The first-order valence-corrected chi connectivity index (χ1v) is 7.56. The van der Waals surface area contributed by atoms with Gasteiger partial charge in [-0.25, -0.2) is 0 Å². The average molecular weight is 295 g/mol. The Kier molecular flexibility index (Phi) is 6.68. The van der Waals surface area contributed by atoms with Crippen LogP contribution in [-0.4, -0.2) is 33.9 Å². The molecule has 0 bridgehead atoms. The molecule has 1 rings (SSSR count). The Bertz CT molecular complexity index is 465. The SMILES string of the molecule is Cc1cc(C)n(CCCNCCCC(C)(C)/C(N)=N/O)n1. The van der Waals surface area contributed by atoms with Gasteiger partial charge in [0.05, 0.1) is 5.69 Å². The number of nitrogens with zero attached hydrogens (tertiary/aromatic N) is 3. The van der Waals surface area contributed by atoms with Gasteiger partial charge in [-0.3, -0.25) is 4.68 Å². The molecule has 120 valence electrons. The highest BCUT2D eigenvalue weighted by molar-refractivity contribution is 5.85. The second kappa shape index (κ2) is 8.02. The van der Waals surface area contributed by atoms with Gasteiger partial charge in [0, 0.05) is 17.7 Å². The molecule has 1 aromatic rings. The fraction of sp³-hybridized carbons (Fsp3) is 0.733. The molecule has 1 heterocycles. The zero-order valence-corrected chi connectivity index (χ0v) is 13.7. The lowest BCUT2D eigenvalue weighted by molar-refractivity contribution is 0.304. The minimum atomic E-state index is -0.250. The highest BCUT2D eigenvalue weighted by Crippen LogP contribution is 2.21. The number of rotatable bonds is 9. The second-order valence-electron chi connectivity index (χ2n) is 6.23. The van der Waals surface area contributed by atoms with Crippen LogP contribution in [0.4, 0.5) is 0 Å². The summed E-state index contributed by atoms with van der Waals surface area (Å²) < 4.78 is 2.05. The molecule has 0 saturated heterocycles. The molecule has 0 aromatic carbocycles. The molecule has 0 aliphatic rings. The number of amidine groups is 1. The third kappa shape index (κ3) is 5.75. The second-order valence-corrected chi connectivity index (χ2v) is 6.23. The summed E-state index contributed by atoms with van der Waals surface area (Å²) in [5.74, 6) is 0.298. The Balaban J connectivity index is 2.11. The van der Waals surface area contributed by atoms with Gasteiger partial charge in [0.2, 0.25) is 0 Å². The molecule has 0 fully saturated rings. The van der Waals surface area contributed by atoms with E-state index in [0.29, 0.717) is 5.84 Å². The number of hydrogen-bond donors (Lipinski definition) is 3. The fourth-order valence-corrected chi connectivity index (χ4v) is 2.30. The van der Waals surface area contributed by atoms with Crippen molar-refractivity contribution in [3.8, 4) is 0 Å². The van der Waals surface area contributed by atoms with Gasteiger partial charge in [-0.15, -0.1) is 0 Å². The summed E-state index contributed by atoms with van der Waals surface area (Å²) in [6.45, 7) is 11.0. The molecule has 0 unspecified atom stereocenters. The van der Waals surface area contributed by atoms with Gasteiger partial charge in [-0.2, -0.15) is 5.10 Å². The van der Waals surface area contributed by atoms with E-state index in [2.05, 4.69) is 33.2 Å². The van der Waals surface area contributed by atoms with E-state index in [-0.39, 0.29) is 5.41 Å². The van der Waals surface area contributed by atoms with Crippen LogP contribution in [0.1, 0.15) is 44.5 Å². The van der Waals surface area contributed by atoms with Crippen molar-refractivity contribution in [2.75, 3.05) is 13.1 Å². The van der Waals surface area contributed by atoms with Gasteiger partial charge in [-0.05, 0) is 52.3 Å². The van der Waals surface area contributed by atoms with Crippen LogP contribution in [0.15, 0.2) is 11.2 Å². The van der Waals surface area contributed by atoms with Crippen LogP contribution in [-0.2, 0) is 6.54 Å². The number of nitrogens with two attached hydrogens (primary N) is 1. The predicted molar refractivity (Wildman–Crippen MR) is 85.6 cm³/mol. The molecular formula is C15H29N5O. The van der Waals surface area contributed by atoms with Crippen molar-refractivity contribution in [2.45, 2.75) is 53.5 Å².